The third kappa shape index (κ3) is 3.22. The summed E-state index contributed by atoms with van der Waals surface area (Å²) in [7, 11) is 0. The molecular weight excluding hydrogens is 156 g/mol. The molecule has 0 atom stereocenters. The van der Waals surface area contributed by atoms with Crippen LogP contribution in [0.4, 0.5) is 0 Å². The first-order chi connectivity index (χ1) is 5.83. The highest BCUT2D eigenvalue weighted by Crippen LogP contribution is 2.31. The van der Waals surface area contributed by atoms with E-state index in [4.69, 9.17) is 0 Å². The smallest absolute Gasteiger partial charge is 0.00371 e. The maximum absolute atomic E-state index is 3.97. The molecule has 0 unspecified atom stereocenters. The summed E-state index contributed by atoms with van der Waals surface area (Å²) in [6, 6.07) is 0. The predicted molar refractivity (Wildman–Crippen MR) is 61.8 cm³/mol. The molecule has 0 aromatic rings. The summed E-state index contributed by atoms with van der Waals surface area (Å²) < 4.78 is 0. The van der Waals surface area contributed by atoms with Crippen LogP contribution < -0.4 is 0 Å². The van der Waals surface area contributed by atoms with E-state index in [2.05, 4.69) is 60.3 Å². The first-order valence-electron chi connectivity index (χ1n) is 4.80. The van der Waals surface area contributed by atoms with Crippen LogP contribution in [0.2, 0.25) is 0 Å². The first kappa shape index (κ1) is 12.2. The Morgan fingerprint density at radius 1 is 1.15 bits per heavy atom. The van der Waals surface area contributed by atoms with Crippen molar-refractivity contribution in [3.05, 3.63) is 35.5 Å². The predicted octanol–water partition coefficient (Wildman–Crippen LogP) is 4.50. The molecular formula is C13H22. The topological polar surface area (TPSA) is 0 Å². The van der Waals surface area contributed by atoms with Crippen molar-refractivity contribution in [2.75, 3.05) is 0 Å². The van der Waals surface area contributed by atoms with Crippen molar-refractivity contribution >= 4 is 0 Å². The van der Waals surface area contributed by atoms with Gasteiger partial charge >= 0.3 is 0 Å². The van der Waals surface area contributed by atoms with Crippen LogP contribution in [0.3, 0.4) is 0 Å². The van der Waals surface area contributed by atoms with E-state index in [0.717, 1.165) is 5.57 Å². The average Bonchev–Trinajstić information content (AvgIpc) is 2.01. The Hall–Kier alpha value is -0.780. The van der Waals surface area contributed by atoms with Gasteiger partial charge in [0.1, 0.15) is 0 Å². The summed E-state index contributed by atoms with van der Waals surface area (Å²) in [4.78, 5) is 0. The Labute approximate surface area is 83.0 Å². The zero-order valence-electron chi connectivity index (χ0n) is 9.86. The fourth-order valence-electron chi connectivity index (χ4n) is 1.35. The van der Waals surface area contributed by atoms with Crippen molar-refractivity contribution in [2.45, 2.75) is 41.5 Å². The lowest BCUT2D eigenvalue weighted by Gasteiger charge is -2.24. The van der Waals surface area contributed by atoms with E-state index < -0.39 is 0 Å². The van der Waals surface area contributed by atoms with Crippen molar-refractivity contribution in [1.29, 1.82) is 0 Å². The summed E-state index contributed by atoms with van der Waals surface area (Å²) >= 11 is 0. The molecule has 0 N–H and O–H groups in total. The molecule has 0 aliphatic rings. The number of hydrogen-bond acceptors (Lipinski definition) is 0. The molecule has 0 spiro atoms. The van der Waals surface area contributed by atoms with Crippen molar-refractivity contribution in [3.63, 3.8) is 0 Å². The fourth-order valence-corrected chi connectivity index (χ4v) is 1.35. The molecule has 74 valence electrons. The number of rotatable bonds is 3. The third-order valence-electron chi connectivity index (χ3n) is 2.75. The molecule has 0 aliphatic carbocycles. The van der Waals surface area contributed by atoms with Crippen LogP contribution in [-0.4, -0.2) is 0 Å². The van der Waals surface area contributed by atoms with Crippen LogP contribution in [0.15, 0.2) is 35.5 Å². The molecule has 0 fully saturated rings. The Morgan fingerprint density at radius 3 is 1.92 bits per heavy atom. The standard InChI is InChI=1S/C13H22/c1-8-9-13(6,7)12(5)11(4)10(2)3/h8-9H,2H2,1,3-7H3/b9-8+,12-11+. The lowest BCUT2D eigenvalue weighted by molar-refractivity contribution is 0.573. The lowest BCUT2D eigenvalue weighted by Crippen LogP contribution is -2.11. The minimum atomic E-state index is 0.151. The van der Waals surface area contributed by atoms with Crippen LogP contribution in [0.25, 0.3) is 0 Å². The number of allylic oxidation sites excluding steroid dienone is 5. The van der Waals surface area contributed by atoms with Gasteiger partial charge in [-0.1, -0.05) is 43.7 Å². The lowest BCUT2D eigenvalue weighted by atomic mass is 9.81. The number of hydrogen-bond donors (Lipinski definition) is 0. The Kier molecular flexibility index (Phi) is 4.19. The largest absolute Gasteiger partial charge is 0.0958 e. The molecule has 0 radical (unpaired) electrons. The summed E-state index contributed by atoms with van der Waals surface area (Å²) in [5.41, 5.74) is 4.04. The maximum atomic E-state index is 3.97. The molecule has 0 aromatic heterocycles. The minimum Gasteiger partial charge on any atom is -0.0958 e. The van der Waals surface area contributed by atoms with Crippen LogP contribution in [-0.2, 0) is 0 Å². The summed E-state index contributed by atoms with van der Waals surface area (Å²) in [5.74, 6) is 0. The van der Waals surface area contributed by atoms with Crippen LogP contribution >= 0.6 is 0 Å². The average molecular weight is 178 g/mol. The molecule has 0 amide bonds. The monoisotopic (exact) mass is 178 g/mol. The van der Waals surface area contributed by atoms with Gasteiger partial charge in [-0.15, -0.1) is 0 Å². The van der Waals surface area contributed by atoms with Crippen LogP contribution in [0, 0.1) is 5.41 Å². The van der Waals surface area contributed by atoms with Gasteiger partial charge in [-0.25, -0.2) is 0 Å². The molecule has 0 saturated carbocycles. The molecule has 0 aliphatic heterocycles. The van der Waals surface area contributed by atoms with E-state index >= 15 is 0 Å². The van der Waals surface area contributed by atoms with E-state index in [0.29, 0.717) is 0 Å². The zero-order valence-corrected chi connectivity index (χ0v) is 9.86. The molecule has 0 nitrogen and oxygen atoms in total. The van der Waals surface area contributed by atoms with E-state index in [9.17, 15) is 0 Å². The molecule has 0 heteroatoms. The second-order valence-electron chi connectivity index (χ2n) is 4.25. The van der Waals surface area contributed by atoms with Crippen molar-refractivity contribution in [3.8, 4) is 0 Å². The van der Waals surface area contributed by atoms with E-state index in [1.165, 1.54) is 11.1 Å². The quantitative estimate of drug-likeness (QED) is 0.441. The van der Waals surface area contributed by atoms with E-state index in [1.807, 2.05) is 0 Å². The molecule has 13 heavy (non-hydrogen) atoms. The van der Waals surface area contributed by atoms with Gasteiger partial charge in [-0.05, 0) is 33.3 Å². The van der Waals surface area contributed by atoms with Crippen molar-refractivity contribution < 1.29 is 0 Å². The SMILES string of the molecule is C=C(C)/C(C)=C(\C)C(C)(C)/C=C/C. The van der Waals surface area contributed by atoms with Gasteiger partial charge in [-0.2, -0.15) is 0 Å². The first-order valence-corrected chi connectivity index (χ1v) is 4.80. The highest BCUT2D eigenvalue weighted by atomic mass is 14.2. The van der Waals surface area contributed by atoms with E-state index in [1.54, 1.807) is 0 Å². The Bertz CT molecular complexity index is 249. The Morgan fingerprint density at radius 2 is 1.62 bits per heavy atom. The summed E-state index contributed by atoms with van der Waals surface area (Å²) in [6.45, 7) is 16.9. The molecule has 0 saturated heterocycles. The van der Waals surface area contributed by atoms with Gasteiger partial charge < -0.3 is 0 Å². The zero-order chi connectivity index (χ0) is 10.6. The van der Waals surface area contributed by atoms with Gasteiger partial charge in [0.05, 0.1) is 0 Å². The summed E-state index contributed by atoms with van der Waals surface area (Å²) in [5, 5.41) is 0. The molecule has 0 heterocycles. The molecule has 0 bridgehead atoms. The van der Waals surface area contributed by atoms with Crippen LogP contribution in [0.1, 0.15) is 41.5 Å². The maximum Gasteiger partial charge on any atom is 0.00371 e. The van der Waals surface area contributed by atoms with Gasteiger partial charge in [0, 0.05) is 5.41 Å². The Balaban J connectivity index is 5.07. The van der Waals surface area contributed by atoms with Gasteiger partial charge in [0.2, 0.25) is 0 Å². The normalized spacial score (nSPS) is 14.6. The second-order valence-corrected chi connectivity index (χ2v) is 4.25. The van der Waals surface area contributed by atoms with Gasteiger partial charge in [0.25, 0.3) is 0 Å². The van der Waals surface area contributed by atoms with Gasteiger partial charge in [0.15, 0.2) is 0 Å². The highest BCUT2D eigenvalue weighted by molar-refractivity contribution is 5.34. The third-order valence-corrected chi connectivity index (χ3v) is 2.75. The minimum absolute atomic E-state index is 0.151. The molecule has 0 aromatic carbocycles. The van der Waals surface area contributed by atoms with Crippen molar-refractivity contribution in [2.24, 2.45) is 5.41 Å². The highest BCUT2D eigenvalue weighted by Gasteiger charge is 2.17. The van der Waals surface area contributed by atoms with Crippen LogP contribution in [0.5, 0.6) is 0 Å². The van der Waals surface area contributed by atoms with Crippen molar-refractivity contribution in [1.82, 2.24) is 0 Å². The fraction of sp³-hybridized carbons (Fsp3) is 0.538. The summed E-state index contributed by atoms with van der Waals surface area (Å²) in [6.07, 6.45) is 4.34. The second kappa shape index (κ2) is 4.45. The van der Waals surface area contributed by atoms with E-state index in [-0.39, 0.29) is 5.41 Å². The van der Waals surface area contributed by atoms with Gasteiger partial charge in [-0.3, -0.25) is 0 Å². The molecule has 0 rings (SSSR count).